The summed E-state index contributed by atoms with van der Waals surface area (Å²) in [4.78, 5) is 1.26. The predicted octanol–water partition coefficient (Wildman–Crippen LogP) is 2.33. The van der Waals surface area contributed by atoms with Crippen LogP contribution in [0.15, 0.2) is 12.7 Å². The lowest BCUT2D eigenvalue weighted by Gasteiger charge is -2.14. The first-order chi connectivity index (χ1) is 6.83. The fourth-order valence-electron chi connectivity index (χ4n) is 1.42. The van der Waals surface area contributed by atoms with Crippen LogP contribution in [0.5, 0.6) is 0 Å². The maximum atomic E-state index is 4.11. The lowest BCUT2D eigenvalue weighted by Crippen LogP contribution is -2.20. The van der Waals surface area contributed by atoms with Crippen molar-refractivity contribution in [2.75, 3.05) is 6.54 Å². The van der Waals surface area contributed by atoms with Crippen LogP contribution in [0.2, 0.25) is 0 Å². The van der Waals surface area contributed by atoms with Gasteiger partial charge in [-0.1, -0.05) is 24.4 Å². The minimum absolute atomic E-state index is 0.340. The molecule has 0 spiro atoms. The van der Waals surface area contributed by atoms with Crippen molar-refractivity contribution in [1.29, 1.82) is 0 Å². The minimum Gasteiger partial charge on any atom is -0.309 e. The van der Waals surface area contributed by atoms with E-state index in [1.54, 1.807) is 0 Å². The Labute approximate surface area is 89.4 Å². The first-order valence-corrected chi connectivity index (χ1v) is 5.76. The summed E-state index contributed by atoms with van der Waals surface area (Å²) in [6.45, 7) is 8.95. The summed E-state index contributed by atoms with van der Waals surface area (Å²) in [5.41, 5.74) is 1.11. The zero-order valence-corrected chi connectivity index (χ0v) is 9.60. The summed E-state index contributed by atoms with van der Waals surface area (Å²) in [6.07, 6.45) is 3.82. The van der Waals surface area contributed by atoms with E-state index in [9.17, 15) is 0 Å². The second-order valence-corrected chi connectivity index (χ2v) is 3.86. The smallest absolute Gasteiger partial charge is 0.0801 e. The summed E-state index contributed by atoms with van der Waals surface area (Å²) in [5, 5.41) is 7.53. The number of hydrogen-bond acceptors (Lipinski definition) is 4. The predicted molar refractivity (Wildman–Crippen MR) is 60.5 cm³/mol. The van der Waals surface area contributed by atoms with Gasteiger partial charge < -0.3 is 5.32 Å². The van der Waals surface area contributed by atoms with E-state index in [0.29, 0.717) is 6.04 Å². The molecule has 0 bridgehead atoms. The highest BCUT2D eigenvalue weighted by Gasteiger charge is 2.15. The van der Waals surface area contributed by atoms with Crippen LogP contribution in [0.4, 0.5) is 0 Å². The molecule has 0 fully saturated rings. The van der Waals surface area contributed by atoms with E-state index in [1.807, 2.05) is 6.08 Å². The molecule has 0 amide bonds. The van der Waals surface area contributed by atoms with Gasteiger partial charge in [0.2, 0.25) is 0 Å². The third kappa shape index (κ3) is 2.62. The molecule has 3 nitrogen and oxygen atoms in total. The number of nitrogens with zero attached hydrogens (tertiary/aromatic N) is 2. The van der Waals surface area contributed by atoms with Crippen LogP contribution < -0.4 is 5.32 Å². The van der Waals surface area contributed by atoms with Gasteiger partial charge in [0.15, 0.2) is 0 Å². The van der Waals surface area contributed by atoms with Crippen LogP contribution in [0.3, 0.4) is 0 Å². The van der Waals surface area contributed by atoms with Gasteiger partial charge in [0.25, 0.3) is 0 Å². The molecule has 1 rings (SSSR count). The molecule has 14 heavy (non-hydrogen) atoms. The van der Waals surface area contributed by atoms with Crippen LogP contribution in [-0.2, 0) is 6.42 Å². The van der Waals surface area contributed by atoms with Crippen molar-refractivity contribution in [2.24, 2.45) is 0 Å². The molecule has 1 atom stereocenters. The second kappa shape index (κ2) is 5.88. The van der Waals surface area contributed by atoms with Crippen LogP contribution in [-0.4, -0.2) is 16.1 Å². The lowest BCUT2D eigenvalue weighted by atomic mass is 10.1. The Balaban J connectivity index is 2.80. The molecule has 0 aliphatic heterocycles. The Bertz CT molecular complexity index is 283. The van der Waals surface area contributed by atoms with E-state index in [2.05, 4.69) is 35.3 Å². The molecule has 1 unspecified atom stereocenters. The molecule has 78 valence electrons. The average Bonchev–Trinajstić information content (AvgIpc) is 2.65. The van der Waals surface area contributed by atoms with Gasteiger partial charge in [0, 0.05) is 6.04 Å². The van der Waals surface area contributed by atoms with Crippen LogP contribution in [0.1, 0.15) is 36.9 Å². The van der Waals surface area contributed by atoms with Crippen molar-refractivity contribution < 1.29 is 0 Å². The van der Waals surface area contributed by atoms with E-state index >= 15 is 0 Å². The van der Waals surface area contributed by atoms with Gasteiger partial charge in [-0.2, -0.15) is 0 Å². The molecular weight excluding hydrogens is 194 g/mol. The third-order valence-electron chi connectivity index (χ3n) is 2.09. The van der Waals surface area contributed by atoms with Gasteiger partial charge in [-0.05, 0) is 30.9 Å². The molecule has 1 heterocycles. The zero-order valence-electron chi connectivity index (χ0n) is 8.79. The average molecular weight is 211 g/mol. The molecular formula is C10H17N3S. The van der Waals surface area contributed by atoms with Gasteiger partial charge in [-0.15, -0.1) is 11.7 Å². The molecule has 4 heteroatoms. The maximum Gasteiger partial charge on any atom is 0.0801 e. The molecule has 1 aromatic rings. The van der Waals surface area contributed by atoms with E-state index in [0.717, 1.165) is 25.1 Å². The molecule has 0 aromatic carbocycles. The molecule has 0 aliphatic rings. The van der Waals surface area contributed by atoms with E-state index in [4.69, 9.17) is 0 Å². The monoisotopic (exact) mass is 211 g/mol. The van der Waals surface area contributed by atoms with Crippen molar-refractivity contribution in [3.05, 3.63) is 23.2 Å². The summed E-state index contributed by atoms with van der Waals surface area (Å²) >= 11 is 1.49. The van der Waals surface area contributed by atoms with Crippen LogP contribution in [0, 0.1) is 0 Å². The highest BCUT2D eigenvalue weighted by molar-refractivity contribution is 7.05. The van der Waals surface area contributed by atoms with E-state index < -0.39 is 0 Å². The fraction of sp³-hybridized carbons (Fsp3) is 0.600. The van der Waals surface area contributed by atoms with Gasteiger partial charge in [-0.3, -0.25) is 0 Å². The lowest BCUT2D eigenvalue weighted by molar-refractivity contribution is 0.562. The Morgan fingerprint density at radius 3 is 2.93 bits per heavy atom. The van der Waals surface area contributed by atoms with Crippen LogP contribution in [0.25, 0.3) is 0 Å². The molecule has 1 N–H and O–H groups in total. The summed E-state index contributed by atoms with van der Waals surface area (Å²) < 4.78 is 4.00. The van der Waals surface area contributed by atoms with E-state index in [-0.39, 0.29) is 0 Å². The first kappa shape index (κ1) is 11.3. The molecule has 0 radical (unpaired) electrons. The normalized spacial score (nSPS) is 12.7. The highest BCUT2D eigenvalue weighted by Crippen LogP contribution is 2.23. The number of nitrogens with one attached hydrogen (secondary N) is 1. The van der Waals surface area contributed by atoms with Crippen molar-refractivity contribution in [2.45, 2.75) is 32.7 Å². The van der Waals surface area contributed by atoms with Gasteiger partial charge >= 0.3 is 0 Å². The van der Waals surface area contributed by atoms with Gasteiger partial charge in [-0.25, -0.2) is 0 Å². The van der Waals surface area contributed by atoms with Crippen LogP contribution >= 0.6 is 11.5 Å². The molecule has 0 saturated carbocycles. The standard InChI is InChI=1S/C10H17N3S/c1-4-7-9(11-6-3)10-8(5-2)12-13-14-10/h4,9,11H,1,5-7H2,2-3H3. The quantitative estimate of drug-likeness (QED) is 0.734. The van der Waals surface area contributed by atoms with Crippen molar-refractivity contribution in [1.82, 2.24) is 14.9 Å². The van der Waals surface area contributed by atoms with E-state index in [1.165, 1.54) is 16.4 Å². The zero-order chi connectivity index (χ0) is 10.4. The Hall–Kier alpha value is -0.740. The molecule has 0 aliphatic carbocycles. The maximum absolute atomic E-state index is 4.11. The molecule has 1 aromatic heterocycles. The Kier molecular flexibility index (Phi) is 4.76. The van der Waals surface area contributed by atoms with Crippen molar-refractivity contribution in [3.63, 3.8) is 0 Å². The number of aromatic nitrogens is 2. The molecule has 0 saturated heterocycles. The number of rotatable bonds is 6. The number of aryl methyl sites for hydroxylation is 1. The van der Waals surface area contributed by atoms with Crippen molar-refractivity contribution >= 4 is 11.5 Å². The van der Waals surface area contributed by atoms with Gasteiger partial charge in [0.05, 0.1) is 10.6 Å². The topological polar surface area (TPSA) is 37.8 Å². The third-order valence-corrected chi connectivity index (χ3v) is 2.97. The SMILES string of the molecule is C=CCC(NCC)c1snnc1CC. The Morgan fingerprint density at radius 2 is 2.36 bits per heavy atom. The summed E-state index contributed by atoms with van der Waals surface area (Å²) in [5.74, 6) is 0. The largest absolute Gasteiger partial charge is 0.309 e. The summed E-state index contributed by atoms with van der Waals surface area (Å²) in [6, 6.07) is 0.340. The highest BCUT2D eigenvalue weighted by atomic mass is 32.1. The Morgan fingerprint density at radius 1 is 1.57 bits per heavy atom. The number of hydrogen-bond donors (Lipinski definition) is 1. The summed E-state index contributed by atoms with van der Waals surface area (Å²) in [7, 11) is 0. The second-order valence-electron chi connectivity index (χ2n) is 3.07. The van der Waals surface area contributed by atoms with Crippen molar-refractivity contribution in [3.8, 4) is 0 Å². The first-order valence-electron chi connectivity index (χ1n) is 4.98. The van der Waals surface area contributed by atoms with Gasteiger partial charge in [0.1, 0.15) is 0 Å². The fourth-order valence-corrected chi connectivity index (χ4v) is 2.25. The minimum atomic E-state index is 0.340.